The Morgan fingerprint density at radius 2 is 1.24 bits per heavy atom. The average Bonchev–Trinajstić information content (AvgIpc) is 3.60. The van der Waals surface area contributed by atoms with Gasteiger partial charge in [0, 0.05) is 52.5 Å². The molecule has 0 saturated heterocycles. The first-order valence-corrected chi connectivity index (χ1v) is 21.8. The Morgan fingerprint density at radius 3 is 1.86 bits per heavy atom. The number of hydrogen-bond donors (Lipinski definition) is 0. The fourth-order valence-corrected chi connectivity index (χ4v) is 9.96. The minimum atomic E-state index is -0.339. The van der Waals surface area contributed by atoms with Crippen molar-refractivity contribution in [2.75, 3.05) is 18.0 Å². The number of anilines is 1. The van der Waals surface area contributed by atoms with Crippen LogP contribution in [0.15, 0.2) is 170 Å². The summed E-state index contributed by atoms with van der Waals surface area (Å²) in [6.07, 6.45) is 12.2. The zero-order valence-corrected chi connectivity index (χ0v) is 35.7. The van der Waals surface area contributed by atoms with Crippen LogP contribution in [0.5, 0.6) is 0 Å². The van der Waals surface area contributed by atoms with Crippen LogP contribution in [0, 0.1) is 11.8 Å². The SMILES string of the molecule is CC(C)CCN1C(=CC=CC2=[N+](CCC(C)C)c3ccc4ccccc4c3C2(C)Cc2ccccc2)C(Cc2ccccc2)(Cc2ccccc2)c2cc(Cl)ccc21. The predicted molar refractivity (Wildman–Crippen MR) is 248 cm³/mol. The third kappa shape index (κ3) is 7.84. The summed E-state index contributed by atoms with van der Waals surface area (Å²) in [4.78, 5) is 2.63. The van der Waals surface area contributed by atoms with Crippen molar-refractivity contribution >= 4 is 39.5 Å². The van der Waals surface area contributed by atoms with Gasteiger partial charge in [-0.2, -0.15) is 4.58 Å². The zero-order valence-electron chi connectivity index (χ0n) is 35.0. The molecule has 58 heavy (non-hydrogen) atoms. The lowest BCUT2D eigenvalue weighted by Crippen LogP contribution is -2.36. The molecule has 0 bridgehead atoms. The maximum Gasteiger partial charge on any atom is 0.210 e. The third-order valence-electron chi connectivity index (χ3n) is 12.6. The first-order valence-electron chi connectivity index (χ1n) is 21.4. The molecular weight excluding hydrogens is 724 g/mol. The van der Waals surface area contributed by atoms with Crippen molar-refractivity contribution in [3.05, 3.63) is 202 Å². The Morgan fingerprint density at radius 1 is 0.655 bits per heavy atom. The molecule has 2 aliphatic heterocycles. The molecule has 3 heteroatoms. The van der Waals surface area contributed by atoms with E-state index in [-0.39, 0.29) is 10.8 Å². The number of fused-ring (bicyclic) bond motifs is 4. The summed E-state index contributed by atoms with van der Waals surface area (Å²) < 4.78 is 2.65. The third-order valence-corrected chi connectivity index (χ3v) is 12.9. The number of halogens is 1. The maximum atomic E-state index is 6.96. The van der Waals surface area contributed by atoms with Gasteiger partial charge in [0.1, 0.15) is 6.54 Å². The molecule has 1 unspecified atom stereocenters. The maximum absolute atomic E-state index is 6.96. The van der Waals surface area contributed by atoms with Crippen LogP contribution in [0.4, 0.5) is 11.4 Å². The Balaban J connectivity index is 1.34. The Bertz CT molecular complexity index is 2420. The van der Waals surface area contributed by atoms with Gasteiger partial charge in [-0.05, 0) is 108 Å². The predicted octanol–water partition coefficient (Wildman–Crippen LogP) is 13.9. The van der Waals surface area contributed by atoms with Gasteiger partial charge >= 0.3 is 0 Å². The molecule has 2 aliphatic rings. The highest BCUT2D eigenvalue weighted by molar-refractivity contribution is 6.30. The minimum absolute atomic E-state index is 0.252. The van der Waals surface area contributed by atoms with Crippen LogP contribution in [0.1, 0.15) is 75.3 Å². The molecule has 6 aromatic rings. The summed E-state index contributed by atoms with van der Waals surface area (Å²) >= 11 is 6.96. The molecule has 0 spiro atoms. The number of hydrogen-bond acceptors (Lipinski definition) is 1. The van der Waals surface area contributed by atoms with Crippen LogP contribution in [-0.2, 0) is 30.1 Å². The van der Waals surface area contributed by atoms with E-state index in [9.17, 15) is 0 Å². The summed E-state index contributed by atoms with van der Waals surface area (Å²) in [6, 6.07) is 53.5. The van der Waals surface area contributed by atoms with E-state index in [2.05, 4.69) is 208 Å². The Hall–Kier alpha value is -5.18. The van der Waals surface area contributed by atoms with Gasteiger partial charge in [0.25, 0.3) is 0 Å². The van der Waals surface area contributed by atoms with Crippen LogP contribution in [-0.4, -0.2) is 23.4 Å². The van der Waals surface area contributed by atoms with Crippen LogP contribution < -0.4 is 4.90 Å². The second-order valence-electron chi connectivity index (χ2n) is 17.7. The van der Waals surface area contributed by atoms with Crippen molar-refractivity contribution in [1.82, 2.24) is 0 Å². The summed E-state index contributed by atoms with van der Waals surface area (Å²) in [5.41, 5.74) is 11.5. The fraction of sp³-hybridized carbons (Fsp3) is 0.291. The minimum Gasteiger partial charge on any atom is -0.344 e. The summed E-state index contributed by atoms with van der Waals surface area (Å²) in [5.74, 6) is 1.16. The molecular formula is C55H58ClN2+. The molecule has 0 fully saturated rings. The van der Waals surface area contributed by atoms with Gasteiger partial charge in [0.05, 0.1) is 5.41 Å². The summed E-state index contributed by atoms with van der Waals surface area (Å²) in [5, 5.41) is 3.43. The van der Waals surface area contributed by atoms with Crippen molar-refractivity contribution in [1.29, 1.82) is 0 Å². The highest BCUT2D eigenvalue weighted by Crippen LogP contribution is 2.53. The summed E-state index contributed by atoms with van der Waals surface area (Å²) in [6.45, 7) is 13.8. The van der Waals surface area contributed by atoms with Gasteiger partial charge in [-0.25, -0.2) is 0 Å². The normalized spacial score (nSPS) is 18.0. The lowest BCUT2D eigenvalue weighted by Gasteiger charge is -2.35. The molecule has 0 amide bonds. The second-order valence-corrected chi connectivity index (χ2v) is 18.1. The monoisotopic (exact) mass is 781 g/mol. The van der Waals surface area contributed by atoms with Crippen molar-refractivity contribution in [2.24, 2.45) is 11.8 Å². The van der Waals surface area contributed by atoms with Crippen molar-refractivity contribution in [3.63, 3.8) is 0 Å². The largest absolute Gasteiger partial charge is 0.344 e. The highest BCUT2D eigenvalue weighted by Gasteiger charge is 2.50. The van der Waals surface area contributed by atoms with E-state index in [1.165, 1.54) is 61.4 Å². The number of nitrogens with zero attached hydrogens (tertiary/aromatic N) is 2. The lowest BCUT2D eigenvalue weighted by molar-refractivity contribution is -0.439. The van der Waals surface area contributed by atoms with E-state index in [1.807, 2.05) is 0 Å². The van der Waals surface area contributed by atoms with Gasteiger partial charge in [0.15, 0.2) is 5.71 Å². The standard InChI is InChI=1S/C55H58ClN2/c1-40(2)32-34-57-49-31-29-46(56)36-48(49)55(38-43-20-11-7-12-21-43,39-44-22-13-8-14-23-44)52(57)27-17-26-51-54(5,37-42-18-9-6-10-19-42)53-47-25-16-15-24-45(47)28-30-50(53)58(51)35-33-41(3)4/h6-31,36,40-41H,32-35,37-39H2,1-5H3/q+1. The number of rotatable bonds is 14. The summed E-state index contributed by atoms with van der Waals surface area (Å²) in [7, 11) is 0. The average molecular weight is 783 g/mol. The number of allylic oxidation sites excluding steroid dienone is 4. The molecule has 0 aromatic heterocycles. The zero-order chi connectivity index (χ0) is 40.3. The molecule has 0 aliphatic carbocycles. The molecule has 2 heterocycles. The van der Waals surface area contributed by atoms with Gasteiger partial charge in [-0.15, -0.1) is 0 Å². The molecule has 1 atom stereocenters. The molecule has 8 rings (SSSR count). The lowest BCUT2D eigenvalue weighted by atomic mass is 9.70. The van der Waals surface area contributed by atoms with Crippen LogP contribution in [0.25, 0.3) is 10.8 Å². The van der Waals surface area contributed by atoms with Crippen molar-refractivity contribution in [2.45, 2.75) is 77.6 Å². The molecule has 0 N–H and O–H groups in total. The van der Waals surface area contributed by atoms with Gasteiger partial charge < -0.3 is 4.90 Å². The van der Waals surface area contributed by atoms with E-state index < -0.39 is 0 Å². The molecule has 2 nitrogen and oxygen atoms in total. The van der Waals surface area contributed by atoms with Crippen molar-refractivity contribution in [3.8, 4) is 0 Å². The molecule has 6 aromatic carbocycles. The van der Waals surface area contributed by atoms with Crippen LogP contribution >= 0.6 is 11.6 Å². The molecule has 0 saturated carbocycles. The van der Waals surface area contributed by atoms with Gasteiger partial charge in [-0.1, -0.05) is 161 Å². The smallest absolute Gasteiger partial charge is 0.210 e. The first-order chi connectivity index (χ1) is 28.2. The van der Waals surface area contributed by atoms with E-state index in [0.717, 1.165) is 50.2 Å². The van der Waals surface area contributed by atoms with Gasteiger partial charge in [0.2, 0.25) is 5.69 Å². The van der Waals surface area contributed by atoms with Gasteiger partial charge in [-0.3, -0.25) is 0 Å². The van der Waals surface area contributed by atoms with E-state index in [0.29, 0.717) is 11.8 Å². The molecule has 0 radical (unpaired) electrons. The number of benzene rings is 6. The van der Waals surface area contributed by atoms with Crippen molar-refractivity contribution < 1.29 is 4.58 Å². The topological polar surface area (TPSA) is 6.25 Å². The second kappa shape index (κ2) is 17.0. The van der Waals surface area contributed by atoms with E-state index in [4.69, 9.17) is 11.6 Å². The first kappa shape index (κ1) is 39.6. The molecule has 294 valence electrons. The Labute approximate surface area is 352 Å². The van der Waals surface area contributed by atoms with E-state index in [1.54, 1.807) is 0 Å². The fourth-order valence-electron chi connectivity index (χ4n) is 9.79. The van der Waals surface area contributed by atoms with Crippen LogP contribution in [0.2, 0.25) is 5.02 Å². The Kier molecular flexibility index (Phi) is 11.6. The highest BCUT2D eigenvalue weighted by atomic mass is 35.5. The van der Waals surface area contributed by atoms with E-state index >= 15 is 0 Å². The quantitative estimate of drug-likeness (QED) is 0.0998. The van der Waals surface area contributed by atoms with Crippen LogP contribution in [0.3, 0.4) is 0 Å².